The van der Waals surface area contributed by atoms with Crippen LogP contribution in [0.2, 0.25) is 0 Å². The van der Waals surface area contributed by atoms with Crippen LogP contribution in [0.4, 0.5) is 0 Å². The van der Waals surface area contributed by atoms with E-state index < -0.39 is 6.10 Å². The van der Waals surface area contributed by atoms with Gasteiger partial charge in [0.1, 0.15) is 0 Å². The fraction of sp³-hybridized carbons (Fsp3) is 0.450. The average Bonchev–Trinajstić information content (AvgIpc) is 2.60. The smallest absolute Gasteiger partial charge is 0.217 e. The van der Waals surface area contributed by atoms with E-state index in [1.54, 1.807) is 6.92 Å². The first-order valence-corrected chi connectivity index (χ1v) is 8.79. The Kier molecular flexibility index (Phi) is 5.48. The van der Waals surface area contributed by atoms with Gasteiger partial charge in [0.25, 0.3) is 0 Å². The molecular weight excluding hydrogens is 300 g/mol. The van der Waals surface area contributed by atoms with Crippen LogP contribution in [0.1, 0.15) is 44.3 Å². The lowest BCUT2D eigenvalue weighted by molar-refractivity contribution is -0.119. The standard InChI is InChI=1S/C20H26N2O2/c1-14(23)22-19-10-8-18(9-11-19)21-13-20(24)17-7-6-15-4-2-3-5-16(15)12-17/h2-7,12,18-21,24H,8-11,13H2,1H3,(H,22,23)/t18?,19?,20-/m0/s1. The Balaban J connectivity index is 1.50. The molecule has 1 amide bonds. The molecule has 1 fully saturated rings. The number of hydrogen-bond donors (Lipinski definition) is 3. The minimum absolute atomic E-state index is 0.0538. The molecule has 24 heavy (non-hydrogen) atoms. The van der Waals surface area contributed by atoms with Crippen molar-refractivity contribution in [2.24, 2.45) is 0 Å². The van der Waals surface area contributed by atoms with Gasteiger partial charge in [0.05, 0.1) is 6.10 Å². The van der Waals surface area contributed by atoms with E-state index >= 15 is 0 Å². The van der Waals surface area contributed by atoms with Crippen LogP contribution < -0.4 is 10.6 Å². The van der Waals surface area contributed by atoms with Crippen molar-refractivity contribution in [3.05, 3.63) is 48.0 Å². The number of benzene rings is 2. The quantitative estimate of drug-likeness (QED) is 0.792. The summed E-state index contributed by atoms with van der Waals surface area (Å²) in [5, 5.41) is 19.3. The summed E-state index contributed by atoms with van der Waals surface area (Å²) in [5.74, 6) is 0.0538. The fourth-order valence-corrected chi connectivity index (χ4v) is 3.54. The monoisotopic (exact) mass is 326 g/mol. The highest BCUT2D eigenvalue weighted by Crippen LogP contribution is 2.22. The van der Waals surface area contributed by atoms with Crippen molar-refractivity contribution in [1.82, 2.24) is 10.6 Å². The lowest BCUT2D eigenvalue weighted by atomic mass is 9.91. The zero-order chi connectivity index (χ0) is 16.9. The van der Waals surface area contributed by atoms with Crippen LogP contribution in [0.25, 0.3) is 10.8 Å². The van der Waals surface area contributed by atoms with Crippen molar-refractivity contribution in [1.29, 1.82) is 0 Å². The second-order valence-electron chi connectivity index (χ2n) is 6.78. The molecule has 0 bridgehead atoms. The zero-order valence-electron chi connectivity index (χ0n) is 14.2. The van der Waals surface area contributed by atoms with E-state index in [4.69, 9.17) is 0 Å². The summed E-state index contributed by atoms with van der Waals surface area (Å²) in [4.78, 5) is 11.1. The van der Waals surface area contributed by atoms with Gasteiger partial charge >= 0.3 is 0 Å². The molecule has 1 aliphatic rings. The highest BCUT2D eigenvalue weighted by atomic mass is 16.3. The third-order valence-corrected chi connectivity index (χ3v) is 4.89. The number of fused-ring (bicyclic) bond motifs is 1. The van der Waals surface area contributed by atoms with Gasteiger partial charge in [-0.3, -0.25) is 4.79 Å². The van der Waals surface area contributed by atoms with Crippen LogP contribution in [0.15, 0.2) is 42.5 Å². The van der Waals surface area contributed by atoms with Gasteiger partial charge in [-0.1, -0.05) is 36.4 Å². The summed E-state index contributed by atoms with van der Waals surface area (Å²) in [5.41, 5.74) is 0.952. The van der Waals surface area contributed by atoms with E-state index in [0.717, 1.165) is 36.6 Å². The molecule has 4 nitrogen and oxygen atoms in total. The molecule has 1 aliphatic carbocycles. The van der Waals surface area contributed by atoms with Gasteiger partial charge in [-0.2, -0.15) is 0 Å². The number of nitrogens with one attached hydrogen (secondary N) is 2. The molecular formula is C20H26N2O2. The second kappa shape index (κ2) is 7.77. The Morgan fingerprint density at radius 3 is 2.46 bits per heavy atom. The van der Waals surface area contributed by atoms with Crippen molar-refractivity contribution in [3.63, 3.8) is 0 Å². The zero-order valence-corrected chi connectivity index (χ0v) is 14.2. The predicted octanol–water partition coefficient (Wildman–Crippen LogP) is 2.91. The molecule has 0 unspecified atom stereocenters. The summed E-state index contributed by atoms with van der Waals surface area (Å²) >= 11 is 0. The Bertz CT molecular complexity index is 693. The maximum atomic E-state index is 11.1. The van der Waals surface area contributed by atoms with Crippen LogP contribution in [-0.2, 0) is 4.79 Å². The minimum Gasteiger partial charge on any atom is -0.387 e. The van der Waals surface area contributed by atoms with Gasteiger partial charge < -0.3 is 15.7 Å². The van der Waals surface area contributed by atoms with Crippen LogP contribution in [0, 0.1) is 0 Å². The van der Waals surface area contributed by atoms with Crippen LogP contribution in [0.5, 0.6) is 0 Å². The third-order valence-electron chi connectivity index (χ3n) is 4.89. The number of carbonyl (C=O) groups excluding carboxylic acids is 1. The Labute approximate surface area is 143 Å². The van der Waals surface area contributed by atoms with Gasteiger partial charge in [-0.15, -0.1) is 0 Å². The first-order valence-electron chi connectivity index (χ1n) is 8.79. The molecule has 4 heteroatoms. The van der Waals surface area contributed by atoms with E-state index in [1.165, 1.54) is 5.39 Å². The van der Waals surface area contributed by atoms with Crippen LogP contribution in [0.3, 0.4) is 0 Å². The summed E-state index contributed by atoms with van der Waals surface area (Å²) in [6, 6.07) is 15.1. The van der Waals surface area contributed by atoms with E-state index in [0.29, 0.717) is 18.6 Å². The summed E-state index contributed by atoms with van der Waals surface area (Å²) in [6.45, 7) is 2.14. The van der Waals surface area contributed by atoms with Gasteiger partial charge in [-0.25, -0.2) is 0 Å². The lowest BCUT2D eigenvalue weighted by Crippen LogP contribution is -2.42. The van der Waals surface area contributed by atoms with E-state index in [9.17, 15) is 9.90 Å². The predicted molar refractivity (Wildman–Crippen MR) is 96.8 cm³/mol. The molecule has 128 valence electrons. The first-order chi connectivity index (χ1) is 11.6. The van der Waals surface area contributed by atoms with Gasteiger partial charge in [-0.05, 0) is 48.1 Å². The number of amides is 1. The molecule has 0 heterocycles. The molecule has 2 aromatic rings. The molecule has 3 rings (SSSR count). The van der Waals surface area contributed by atoms with Crippen molar-refractivity contribution in [3.8, 4) is 0 Å². The number of rotatable bonds is 5. The molecule has 0 aromatic heterocycles. The topological polar surface area (TPSA) is 61.4 Å². The number of hydrogen-bond acceptors (Lipinski definition) is 3. The maximum absolute atomic E-state index is 11.1. The normalized spacial score (nSPS) is 22.2. The molecule has 0 saturated heterocycles. The molecule has 2 aromatic carbocycles. The Morgan fingerprint density at radius 2 is 1.75 bits per heavy atom. The van der Waals surface area contributed by atoms with Crippen molar-refractivity contribution < 1.29 is 9.90 Å². The molecule has 0 radical (unpaired) electrons. The van der Waals surface area contributed by atoms with E-state index in [1.807, 2.05) is 18.2 Å². The van der Waals surface area contributed by atoms with Crippen LogP contribution in [-0.4, -0.2) is 29.6 Å². The highest BCUT2D eigenvalue weighted by Gasteiger charge is 2.22. The molecule has 3 N–H and O–H groups in total. The second-order valence-corrected chi connectivity index (χ2v) is 6.78. The summed E-state index contributed by atoms with van der Waals surface area (Å²) in [6.07, 6.45) is 3.58. The molecule has 1 atom stereocenters. The summed E-state index contributed by atoms with van der Waals surface area (Å²) < 4.78 is 0. The van der Waals surface area contributed by atoms with E-state index in [2.05, 4.69) is 34.9 Å². The summed E-state index contributed by atoms with van der Waals surface area (Å²) in [7, 11) is 0. The number of carbonyl (C=O) groups is 1. The third kappa shape index (κ3) is 4.34. The number of aliphatic hydroxyl groups is 1. The van der Waals surface area contributed by atoms with E-state index in [-0.39, 0.29) is 5.91 Å². The minimum atomic E-state index is -0.498. The fourth-order valence-electron chi connectivity index (χ4n) is 3.54. The van der Waals surface area contributed by atoms with Gasteiger partial charge in [0.2, 0.25) is 5.91 Å². The van der Waals surface area contributed by atoms with Gasteiger partial charge in [0, 0.05) is 25.6 Å². The number of aliphatic hydroxyl groups excluding tert-OH is 1. The van der Waals surface area contributed by atoms with Crippen LogP contribution >= 0.6 is 0 Å². The molecule has 0 spiro atoms. The van der Waals surface area contributed by atoms with Crippen molar-refractivity contribution in [2.75, 3.05) is 6.54 Å². The van der Waals surface area contributed by atoms with Crippen molar-refractivity contribution >= 4 is 16.7 Å². The highest BCUT2D eigenvalue weighted by molar-refractivity contribution is 5.83. The first kappa shape index (κ1) is 16.9. The average molecular weight is 326 g/mol. The van der Waals surface area contributed by atoms with Gasteiger partial charge in [0.15, 0.2) is 0 Å². The maximum Gasteiger partial charge on any atom is 0.217 e. The SMILES string of the molecule is CC(=O)NC1CCC(NC[C@H](O)c2ccc3ccccc3c2)CC1. The largest absolute Gasteiger partial charge is 0.387 e. The Morgan fingerprint density at radius 1 is 1.08 bits per heavy atom. The van der Waals surface area contributed by atoms with Crippen molar-refractivity contribution in [2.45, 2.75) is 50.8 Å². The molecule has 1 saturated carbocycles. The molecule has 0 aliphatic heterocycles. The Hall–Kier alpha value is -1.91. The lowest BCUT2D eigenvalue weighted by Gasteiger charge is -2.30.